The minimum Gasteiger partial charge on any atom is -0.478 e. The van der Waals surface area contributed by atoms with Crippen LogP contribution < -0.4 is 43.5 Å². The summed E-state index contributed by atoms with van der Waals surface area (Å²) < 4.78 is 56.2. The third-order valence-electron chi connectivity index (χ3n) is 15.4. The highest BCUT2D eigenvalue weighted by atomic mass is 16.7. The lowest BCUT2D eigenvalue weighted by Gasteiger charge is -2.36. The molecular formula is C70H101N9O19. The number of carbonyl (C=O) groups excluding carboxylic acids is 4. The lowest BCUT2D eigenvalue weighted by molar-refractivity contribution is -0.256. The Morgan fingerprint density at radius 1 is 0.765 bits per heavy atom. The summed E-state index contributed by atoms with van der Waals surface area (Å²) in [5, 5.41) is 57.6. The zero-order valence-electron chi connectivity index (χ0n) is 57.5. The highest BCUT2D eigenvalue weighted by Gasteiger charge is 2.37. The fraction of sp³-hybridized carbons (Fsp3) is 0.543. The fourth-order valence-electron chi connectivity index (χ4n) is 10.5. The summed E-state index contributed by atoms with van der Waals surface area (Å²) in [7, 11) is 0. The van der Waals surface area contributed by atoms with Gasteiger partial charge in [-0.3, -0.25) is 19.4 Å². The third-order valence-corrected chi connectivity index (χ3v) is 15.4. The first-order valence-corrected chi connectivity index (χ1v) is 33.3. The molecule has 28 heteroatoms. The molecule has 98 heavy (non-hydrogen) atoms. The van der Waals surface area contributed by atoms with Gasteiger partial charge in [0.25, 0.3) is 5.91 Å². The lowest BCUT2D eigenvalue weighted by Crippen LogP contribution is -2.50. The highest BCUT2D eigenvalue weighted by Crippen LogP contribution is 2.43. The zero-order chi connectivity index (χ0) is 71.0. The Kier molecular flexibility index (Phi) is 33.5. The number of carbonyl (C=O) groups is 5. The van der Waals surface area contributed by atoms with E-state index >= 15 is 0 Å². The molecule has 1 fully saturated rings. The largest absolute Gasteiger partial charge is 0.478 e. The van der Waals surface area contributed by atoms with Crippen molar-refractivity contribution in [1.82, 2.24) is 21.0 Å². The van der Waals surface area contributed by atoms with Crippen molar-refractivity contribution in [2.45, 2.75) is 123 Å². The molecule has 1 saturated heterocycles. The van der Waals surface area contributed by atoms with E-state index in [9.17, 15) is 44.4 Å². The van der Waals surface area contributed by atoms with Crippen molar-refractivity contribution < 1.29 is 91.4 Å². The molecule has 3 aliphatic rings. The summed E-state index contributed by atoms with van der Waals surface area (Å²) in [6.07, 6.45) is -1.44. The molecule has 0 spiro atoms. The van der Waals surface area contributed by atoms with Crippen molar-refractivity contribution in [1.29, 1.82) is 0 Å². The molecule has 0 saturated carbocycles. The number of anilines is 2. The average molecular weight is 1370 g/mol. The second-order valence-electron chi connectivity index (χ2n) is 24.3. The number of hydrogen-bond acceptors (Lipinski definition) is 23. The zero-order valence-corrected chi connectivity index (χ0v) is 57.5. The number of amides is 4. The number of alkyl carbamates (subject to hydrolysis) is 1. The number of aliphatic hydroxyl groups excluding tert-OH is 3. The number of nitrogens with zero attached hydrogens (tertiary/aromatic N) is 2. The number of ether oxygens (including phenoxy) is 9. The normalized spacial score (nSPS) is 16.2. The van der Waals surface area contributed by atoms with E-state index in [2.05, 4.69) is 31.6 Å². The van der Waals surface area contributed by atoms with Gasteiger partial charge in [0.15, 0.2) is 6.29 Å². The van der Waals surface area contributed by atoms with Gasteiger partial charge in [-0.2, -0.15) is 0 Å². The van der Waals surface area contributed by atoms with Crippen LogP contribution in [0.1, 0.15) is 104 Å². The van der Waals surface area contributed by atoms with Gasteiger partial charge in [-0.15, -0.1) is 0 Å². The van der Waals surface area contributed by atoms with Crippen LogP contribution in [0.4, 0.5) is 16.2 Å². The molecule has 3 aromatic carbocycles. The van der Waals surface area contributed by atoms with Crippen LogP contribution in [0.3, 0.4) is 0 Å². The molecule has 5 atom stereocenters. The van der Waals surface area contributed by atoms with Crippen LogP contribution in [0, 0.1) is 13.8 Å². The number of aliphatic hydroxyl groups is 3. The highest BCUT2D eigenvalue weighted by molar-refractivity contribution is 6.10. The molecule has 3 aromatic rings. The Morgan fingerprint density at radius 3 is 2.04 bits per heavy atom. The van der Waals surface area contributed by atoms with Crippen molar-refractivity contribution in [3.63, 3.8) is 0 Å². The number of aryl methyl sites for hydroxylation is 2. The van der Waals surface area contributed by atoms with Gasteiger partial charge >= 0.3 is 12.1 Å². The van der Waals surface area contributed by atoms with E-state index in [0.29, 0.717) is 151 Å². The number of nitrogens with two attached hydrogens (primary N) is 2. The molecule has 4 amide bonds. The average Bonchev–Trinajstić information content (AvgIpc) is 0.739. The van der Waals surface area contributed by atoms with Crippen molar-refractivity contribution in [2.24, 2.45) is 16.6 Å². The van der Waals surface area contributed by atoms with Crippen LogP contribution in [0.25, 0.3) is 33.4 Å². The Labute approximate surface area is 572 Å². The summed E-state index contributed by atoms with van der Waals surface area (Å²) in [4.78, 5) is 70.3. The molecule has 540 valence electrons. The number of rotatable bonds is 43. The first-order valence-electron chi connectivity index (χ1n) is 33.3. The summed E-state index contributed by atoms with van der Waals surface area (Å²) in [5.74, 6) is 4.69. The first-order chi connectivity index (χ1) is 47.1. The van der Waals surface area contributed by atoms with E-state index in [1.54, 1.807) is 39.0 Å². The monoisotopic (exact) mass is 1370 g/mol. The van der Waals surface area contributed by atoms with Crippen LogP contribution >= 0.6 is 0 Å². The molecule has 13 N–H and O–H groups in total. The predicted octanol–water partition coefficient (Wildman–Crippen LogP) is 5.27. The van der Waals surface area contributed by atoms with Gasteiger partial charge in [0.05, 0.1) is 116 Å². The topological polar surface area (TPSA) is 390 Å². The van der Waals surface area contributed by atoms with Crippen LogP contribution in [-0.2, 0) is 58.6 Å². The van der Waals surface area contributed by atoms with Gasteiger partial charge < -0.3 is 105 Å². The molecule has 28 nitrogen and oxygen atoms in total. The number of hydrogen-bond donors (Lipinski definition) is 11. The number of nitrogens with one attached hydrogen (secondary N) is 5. The van der Waals surface area contributed by atoms with E-state index in [4.69, 9.17) is 58.6 Å². The molecule has 0 aromatic heterocycles. The molecule has 6 rings (SSSR count). The number of benzene rings is 4. The molecule has 0 bridgehead atoms. The minimum atomic E-state index is -1.22. The third kappa shape index (κ3) is 26.4. The maximum atomic E-state index is 14.2. The standard InChI is InChI=1S/C70H101N9O19/c1-8-73-55-39-59-53(36-45(55)3)64(54-37-46(4)56(74-9-2)40-60(54)96-59)52-38-48(15-18-51(52)68(86)87)66(84)77-42-49(71)43-79(72)57(67(85)78-50-16-13-47(14-17-50)19-24-95-63-41-58(81)65(83)61(44-80)97-63)12-10-11-21-75-62(82)20-23-89-26-28-91-30-32-93-34-35-94-33-31-92-29-27-90-25-22-76-69(88)98-70(5,6)7/h13-18,36-40,43,57-58,61,63,65,73,80-81,83H,8-12,19-35,41-42,44,71-72H2,1-7H3,(H,75,82)(H,76,88)(H,77,84)(H,78,85)(H,86,87)/b49-43-,74-56-/t57-,58?,61?,63?,65-/m1/s1. The second kappa shape index (κ2) is 41.5. The Balaban J connectivity index is 0.976. The van der Waals surface area contributed by atoms with Crippen molar-refractivity contribution in [2.75, 3.05) is 136 Å². The van der Waals surface area contributed by atoms with Gasteiger partial charge in [-0.05, 0) is 139 Å². The Bertz CT molecular complexity index is 3400. The number of aromatic carboxylic acids is 1. The fourth-order valence-corrected chi connectivity index (χ4v) is 10.5. The molecule has 2 aliphatic heterocycles. The van der Waals surface area contributed by atoms with Gasteiger partial charge in [0, 0.05) is 96.5 Å². The van der Waals surface area contributed by atoms with Gasteiger partial charge in [0.2, 0.25) is 11.8 Å². The van der Waals surface area contributed by atoms with Gasteiger partial charge in [-0.25, -0.2) is 15.4 Å². The Hall–Kier alpha value is -7.84. The lowest BCUT2D eigenvalue weighted by atomic mass is 9.88. The van der Waals surface area contributed by atoms with E-state index in [-0.39, 0.29) is 68.4 Å². The summed E-state index contributed by atoms with van der Waals surface area (Å²) in [5.41, 5.74) is 12.1. The van der Waals surface area contributed by atoms with Crippen molar-refractivity contribution >= 4 is 52.1 Å². The second-order valence-corrected chi connectivity index (χ2v) is 24.3. The summed E-state index contributed by atoms with van der Waals surface area (Å²) in [6, 6.07) is 18.0. The van der Waals surface area contributed by atoms with Crippen LogP contribution in [-0.4, -0.2) is 217 Å². The minimum absolute atomic E-state index is 0.0332. The van der Waals surface area contributed by atoms with E-state index in [1.165, 1.54) is 23.3 Å². The number of fused-ring (bicyclic) bond motifs is 2. The van der Waals surface area contributed by atoms with Crippen LogP contribution in [0.2, 0.25) is 0 Å². The quantitative estimate of drug-likeness (QED) is 0.0102. The van der Waals surface area contributed by atoms with Crippen molar-refractivity contribution in [3.8, 4) is 22.5 Å². The SMILES string of the molecule is CC/N=c1/cc2oc3cc(NCC)c(C)cc3c(-c3cc(C(=O)NC/C(N)=C/N(N)[C@H](CCCCNC(=O)CCOCCOCCOCCOCCOCCOCCNC(=O)OC(C)(C)C)C(=O)Nc4ccc(CCOC5CC(O)[C@@H](O)C(CO)O5)cc4)ccc3C(=O)O)c-2cc1C. The van der Waals surface area contributed by atoms with E-state index < -0.39 is 66.7 Å². The molecule has 3 unspecified atom stereocenters. The maximum absolute atomic E-state index is 14.2. The number of unbranched alkanes of at least 4 members (excludes halogenated alkanes) is 1. The summed E-state index contributed by atoms with van der Waals surface area (Å²) >= 11 is 0. The number of carboxylic acids is 1. The van der Waals surface area contributed by atoms with Crippen molar-refractivity contribution in [3.05, 3.63) is 112 Å². The first kappa shape index (κ1) is 79.1. The van der Waals surface area contributed by atoms with Crippen LogP contribution in [0.5, 0.6) is 0 Å². The molecular weight excluding hydrogens is 1270 g/mol. The van der Waals surface area contributed by atoms with Gasteiger partial charge in [-0.1, -0.05) is 12.1 Å². The van der Waals surface area contributed by atoms with E-state index in [0.717, 1.165) is 27.7 Å². The predicted molar refractivity (Wildman–Crippen MR) is 367 cm³/mol. The smallest absolute Gasteiger partial charge is 0.407 e. The summed E-state index contributed by atoms with van der Waals surface area (Å²) in [6.45, 7) is 18.8. The molecule has 1 aliphatic carbocycles. The number of carboxylic acid groups (broad SMARTS) is 1. The Morgan fingerprint density at radius 2 is 1.42 bits per heavy atom. The molecule has 0 radical (unpaired) electrons. The maximum Gasteiger partial charge on any atom is 0.407 e. The van der Waals surface area contributed by atoms with E-state index in [1.807, 2.05) is 64.1 Å². The van der Waals surface area contributed by atoms with Gasteiger partial charge in [0.1, 0.15) is 35.2 Å². The van der Waals surface area contributed by atoms with Crippen LogP contribution in [0.15, 0.2) is 88.0 Å². The molecule has 2 heterocycles. The number of hydrazine groups is 1.